The fraction of sp³-hybridized carbons (Fsp3) is 0.909. The number of amides is 2. The molecule has 0 aromatic carbocycles. The number of carbonyl (C=O) groups excluding carboxylic acids is 1. The molecule has 2 rings (SSSR count). The van der Waals surface area contributed by atoms with E-state index in [9.17, 15) is 4.79 Å². The van der Waals surface area contributed by atoms with E-state index in [1.54, 1.807) is 0 Å². The van der Waals surface area contributed by atoms with Gasteiger partial charge in [-0.3, -0.25) is 4.90 Å². The van der Waals surface area contributed by atoms with Gasteiger partial charge in [0.15, 0.2) is 0 Å². The Bertz CT molecular complexity index is 242. The molecule has 0 spiro atoms. The normalized spacial score (nSPS) is 27.0. The average Bonchev–Trinajstić information content (AvgIpc) is 2.57. The highest BCUT2D eigenvalue weighted by Crippen LogP contribution is 2.15. The van der Waals surface area contributed by atoms with Crippen molar-refractivity contribution >= 4 is 6.03 Å². The fourth-order valence-corrected chi connectivity index (χ4v) is 2.31. The molecule has 0 saturated carbocycles. The highest BCUT2D eigenvalue weighted by Gasteiger charge is 2.34. The van der Waals surface area contributed by atoms with Crippen molar-refractivity contribution < 1.29 is 4.79 Å². The molecule has 0 radical (unpaired) electrons. The summed E-state index contributed by atoms with van der Waals surface area (Å²) in [6.45, 7) is 9.51. The molecule has 0 aromatic heterocycles. The van der Waals surface area contributed by atoms with Crippen molar-refractivity contribution in [2.75, 3.05) is 32.7 Å². The number of hydrogen-bond acceptors (Lipinski definition) is 2. The molecule has 2 fully saturated rings. The van der Waals surface area contributed by atoms with Crippen LogP contribution in [-0.4, -0.2) is 54.6 Å². The van der Waals surface area contributed by atoms with E-state index in [2.05, 4.69) is 24.1 Å². The van der Waals surface area contributed by atoms with Crippen molar-refractivity contribution in [3.05, 3.63) is 0 Å². The minimum Gasteiger partial charge on any atom is -0.336 e. The smallest absolute Gasteiger partial charge is 0.317 e. The second-order valence-corrected chi connectivity index (χ2v) is 5.02. The van der Waals surface area contributed by atoms with Gasteiger partial charge in [-0.15, -0.1) is 0 Å². The van der Waals surface area contributed by atoms with E-state index in [1.165, 1.54) is 13.0 Å². The van der Waals surface area contributed by atoms with Crippen LogP contribution >= 0.6 is 0 Å². The maximum absolute atomic E-state index is 11.4. The van der Waals surface area contributed by atoms with Gasteiger partial charge >= 0.3 is 6.03 Å². The Labute approximate surface area is 91.6 Å². The summed E-state index contributed by atoms with van der Waals surface area (Å²) in [5.41, 5.74) is 0. The first-order chi connectivity index (χ1) is 7.16. The quantitative estimate of drug-likeness (QED) is 0.747. The topological polar surface area (TPSA) is 35.6 Å². The molecular formula is C11H21N3O. The van der Waals surface area contributed by atoms with Crippen LogP contribution < -0.4 is 5.32 Å². The zero-order chi connectivity index (χ0) is 10.8. The van der Waals surface area contributed by atoms with Crippen LogP contribution in [0.15, 0.2) is 0 Å². The van der Waals surface area contributed by atoms with Gasteiger partial charge in [-0.2, -0.15) is 0 Å². The summed E-state index contributed by atoms with van der Waals surface area (Å²) in [6, 6.07) is 0.543. The van der Waals surface area contributed by atoms with Crippen LogP contribution in [0.5, 0.6) is 0 Å². The van der Waals surface area contributed by atoms with Gasteiger partial charge in [0.2, 0.25) is 0 Å². The van der Waals surface area contributed by atoms with Crippen molar-refractivity contribution in [3.63, 3.8) is 0 Å². The van der Waals surface area contributed by atoms with Crippen molar-refractivity contribution in [2.24, 2.45) is 5.92 Å². The van der Waals surface area contributed by atoms with Crippen molar-refractivity contribution in [2.45, 2.75) is 26.3 Å². The Morgan fingerprint density at radius 1 is 1.47 bits per heavy atom. The first-order valence-electron chi connectivity index (χ1n) is 5.93. The van der Waals surface area contributed by atoms with Crippen LogP contribution in [0, 0.1) is 5.92 Å². The molecule has 2 amide bonds. The zero-order valence-corrected chi connectivity index (χ0v) is 9.70. The van der Waals surface area contributed by atoms with Gasteiger partial charge in [-0.05, 0) is 18.9 Å². The lowest BCUT2D eigenvalue weighted by molar-refractivity contribution is 0.117. The van der Waals surface area contributed by atoms with Crippen LogP contribution in [0.1, 0.15) is 20.3 Å². The molecule has 86 valence electrons. The summed E-state index contributed by atoms with van der Waals surface area (Å²) in [5, 5.41) is 2.91. The molecule has 0 bridgehead atoms. The number of carbonyl (C=O) groups is 1. The van der Waals surface area contributed by atoms with E-state index in [0.717, 1.165) is 32.1 Å². The number of piperazine rings is 1. The Morgan fingerprint density at radius 2 is 2.27 bits per heavy atom. The molecule has 0 aromatic rings. The molecule has 15 heavy (non-hydrogen) atoms. The lowest BCUT2D eigenvalue weighted by Gasteiger charge is -2.36. The Kier molecular flexibility index (Phi) is 3.14. The third kappa shape index (κ3) is 2.43. The van der Waals surface area contributed by atoms with Crippen molar-refractivity contribution in [3.8, 4) is 0 Å². The molecule has 2 saturated heterocycles. The lowest BCUT2D eigenvalue weighted by Crippen LogP contribution is -2.52. The number of urea groups is 1. The molecule has 1 atom stereocenters. The predicted molar refractivity (Wildman–Crippen MR) is 59.8 cm³/mol. The predicted octanol–water partition coefficient (Wildman–Crippen LogP) is 0.742. The maximum Gasteiger partial charge on any atom is 0.317 e. The minimum absolute atomic E-state index is 0.128. The summed E-state index contributed by atoms with van der Waals surface area (Å²) in [6.07, 6.45) is 1.26. The zero-order valence-electron chi connectivity index (χ0n) is 9.70. The molecular weight excluding hydrogens is 190 g/mol. The maximum atomic E-state index is 11.4. The van der Waals surface area contributed by atoms with E-state index in [4.69, 9.17) is 0 Å². The van der Waals surface area contributed by atoms with E-state index in [-0.39, 0.29) is 6.03 Å². The molecule has 0 unspecified atom stereocenters. The molecule has 4 heteroatoms. The Morgan fingerprint density at radius 3 is 3.00 bits per heavy atom. The molecule has 2 heterocycles. The number of nitrogens with one attached hydrogen (secondary N) is 1. The monoisotopic (exact) mass is 211 g/mol. The standard InChI is InChI=1S/C11H21N3O/c1-9(2)3-4-13-5-6-14-10(8-13)7-12-11(14)15/h9-10H,3-8H2,1-2H3,(H,12,15)/t10-/m0/s1. The van der Waals surface area contributed by atoms with Crippen LogP contribution in [0.2, 0.25) is 0 Å². The number of nitrogens with zero attached hydrogens (tertiary/aromatic N) is 2. The average molecular weight is 211 g/mol. The Hall–Kier alpha value is -0.770. The van der Waals surface area contributed by atoms with Gasteiger partial charge in [-0.1, -0.05) is 13.8 Å². The molecule has 4 nitrogen and oxygen atoms in total. The van der Waals surface area contributed by atoms with Crippen LogP contribution in [0.3, 0.4) is 0 Å². The molecule has 1 N–H and O–H groups in total. The van der Waals surface area contributed by atoms with Gasteiger partial charge in [0.05, 0.1) is 6.04 Å². The lowest BCUT2D eigenvalue weighted by atomic mass is 10.1. The van der Waals surface area contributed by atoms with Crippen LogP contribution in [0.25, 0.3) is 0 Å². The van der Waals surface area contributed by atoms with Crippen LogP contribution in [-0.2, 0) is 0 Å². The van der Waals surface area contributed by atoms with Crippen molar-refractivity contribution in [1.82, 2.24) is 15.1 Å². The second-order valence-electron chi connectivity index (χ2n) is 5.02. The van der Waals surface area contributed by atoms with Crippen LogP contribution in [0.4, 0.5) is 4.79 Å². The highest BCUT2D eigenvalue weighted by molar-refractivity contribution is 5.77. The van der Waals surface area contributed by atoms with Gasteiger partial charge in [0.1, 0.15) is 0 Å². The highest BCUT2D eigenvalue weighted by atomic mass is 16.2. The third-order valence-electron chi connectivity index (χ3n) is 3.34. The van der Waals surface area contributed by atoms with E-state index in [0.29, 0.717) is 6.04 Å². The van der Waals surface area contributed by atoms with Gasteiger partial charge in [-0.25, -0.2) is 4.79 Å². The summed E-state index contributed by atoms with van der Waals surface area (Å²) in [7, 11) is 0. The van der Waals surface area contributed by atoms with Gasteiger partial charge in [0, 0.05) is 26.2 Å². The van der Waals surface area contributed by atoms with E-state index >= 15 is 0 Å². The van der Waals surface area contributed by atoms with E-state index < -0.39 is 0 Å². The van der Waals surface area contributed by atoms with Gasteiger partial charge < -0.3 is 10.2 Å². The SMILES string of the molecule is CC(C)CCN1CCN2C(=O)NC[C@H]2C1. The third-order valence-corrected chi connectivity index (χ3v) is 3.34. The molecule has 2 aliphatic rings. The number of rotatable bonds is 3. The molecule has 2 aliphatic heterocycles. The van der Waals surface area contributed by atoms with E-state index in [1.807, 2.05) is 4.90 Å². The fourth-order valence-electron chi connectivity index (χ4n) is 2.31. The first kappa shape index (κ1) is 10.7. The first-order valence-corrected chi connectivity index (χ1v) is 5.93. The summed E-state index contributed by atoms with van der Waals surface area (Å²) < 4.78 is 0. The summed E-state index contributed by atoms with van der Waals surface area (Å²) in [4.78, 5) is 15.8. The summed E-state index contributed by atoms with van der Waals surface area (Å²) in [5.74, 6) is 0.770. The number of fused-ring (bicyclic) bond motifs is 1. The Balaban J connectivity index is 1.80. The largest absolute Gasteiger partial charge is 0.336 e. The second kappa shape index (κ2) is 4.39. The molecule has 0 aliphatic carbocycles. The summed E-state index contributed by atoms with van der Waals surface area (Å²) >= 11 is 0. The number of hydrogen-bond donors (Lipinski definition) is 1. The minimum atomic E-state index is 0.128. The van der Waals surface area contributed by atoms with Crippen molar-refractivity contribution in [1.29, 1.82) is 0 Å². The van der Waals surface area contributed by atoms with Gasteiger partial charge in [0.25, 0.3) is 0 Å².